The Labute approximate surface area is 93.3 Å². The summed E-state index contributed by atoms with van der Waals surface area (Å²) in [6.45, 7) is 9.21. The van der Waals surface area contributed by atoms with Crippen LogP contribution in [0.3, 0.4) is 0 Å². The highest BCUT2D eigenvalue weighted by molar-refractivity contribution is 5.73. The minimum atomic E-state index is -0.729. The third-order valence-electron chi connectivity index (χ3n) is 2.50. The van der Waals surface area contributed by atoms with E-state index in [0.29, 0.717) is 18.3 Å². The van der Waals surface area contributed by atoms with Gasteiger partial charge in [0.05, 0.1) is 0 Å². The lowest BCUT2D eigenvalue weighted by molar-refractivity contribution is -0.140. The molecule has 0 heterocycles. The summed E-state index contributed by atoms with van der Waals surface area (Å²) >= 11 is 0. The van der Waals surface area contributed by atoms with Crippen LogP contribution in [0.5, 0.6) is 0 Å². The molecule has 0 saturated carbocycles. The second-order valence-corrected chi connectivity index (χ2v) is 4.82. The Morgan fingerprint density at radius 2 is 1.93 bits per heavy atom. The van der Waals surface area contributed by atoms with Crippen molar-refractivity contribution < 1.29 is 9.90 Å². The highest BCUT2D eigenvalue weighted by Crippen LogP contribution is 2.07. The van der Waals surface area contributed by atoms with Crippen molar-refractivity contribution in [2.75, 3.05) is 6.54 Å². The summed E-state index contributed by atoms with van der Waals surface area (Å²) in [5.41, 5.74) is 0. The average Bonchev–Trinajstić information content (AvgIpc) is 2.11. The van der Waals surface area contributed by atoms with Gasteiger partial charge in [-0.3, -0.25) is 4.79 Å². The van der Waals surface area contributed by atoms with Gasteiger partial charge < -0.3 is 10.4 Å². The van der Waals surface area contributed by atoms with E-state index in [0.717, 1.165) is 19.4 Å². The first-order valence-corrected chi connectivity index (χ1v) is 5.93. The Bertz CT molecular complexity index is 180. The molecule has 0 aliphatic rings. The van der Waals surface area contributed by atoms with Gasteiger partial charge in [0, 0.05) is 0 Å². The highest BCUT2D eigenvalue weighted by atomic mass is 16.4. The number of aliphatic carboxylic acids is 1. The van der Waals surface area contributed by atoms with E-state index in [2.05, 4.69) is 19.2 Å². The van der Waals surface area contributed by atoms with Gasteiger partial charge in [0.25, 0.3) is 0 Å². The fourth-order valence-corrected chi connectivity index (χ4v) is 1.68. The van der Waals surface area contributed by atoms with E-state index in [4.69, 9.17) is 5.11 Å². The van der Waals surface area contributed by atoms with Crippen LogP contribution in [0, 0.1) is 11.8 Å². The molecule has 0 aliphatic carbocycles. The zero-order chi connectivity index (χ0) is 11.8. The maximum atomic E-state index is 10.9. The molecule has 0 aromatic heterocycles. The molecule has 0 rings (SSSR count). The number of nitrogens with one attached hydrogen (secondary N) is 1. The molecule has 0 saturated heterocycles. The third-order valence-corrected chi connectivity index (χ3v) is 2.50. The highest BCUT2D eigenvalue weighted by Gasteiger charge is 2.18. The summed E-state index contributed by atoms with van der Waals surface area (Å²) in [5, 5.41) is 12.1. The number of hydrogen-bond donors (Lipinski definition) is 2. The summed E-state index contributed by atoms with van der Waals surface area (Å²) in [5.74, 6) is 0.247. The van der Waals surface area contributed by atoms with E-state index in [9.17, 15) is 4.79 Å². The predicted molar refractivity (Wildman–Crippen MR) is 63.0 cm³/mol. The molecule has 0 bridgehead atoms. The molecule has 90 valence electrons. The number of carbonyl (C=O) groups is 1. The van der Waals surface area contributed by atoms with Crippen molar-refractivity contribution in [3.8, 4) is 0 Å². The second kappa shape index (κ2) is 7.69. The Morgan fingerprint density at radius 3 is 2.33 bits per heavy atom. The zero-order valence-corrected chi connectivity index (χ0v) is 10.4. The van der Waals surface area contributed by atoms with E-state index in [1.54, 1.807) is 0 Å². The van der Waals surface area contributed by atoms with Crippen molar-refractivity contribution in [2.45, 2.75) is 53.0 Å². The molecule has 0 radical (unpaired) electrons. The van der Waals surface area contributed by atoms with Crippen molar-refractivity contribution in [3.05, 3.63) is 0 Å². The van der Waals surface area contributed by atoms with Gasteiger partial charge in [0.2, 0.25) is 0 Å². The first-order valence-electron chi connectivity index (χ1n) is 5.93. The van der Waals surface area contributed by atoms with Crippen molar-refractivity contribution in [2.24, 2.45) is 11.8 Å². The number of hydrogen-bond acceptors (Lipinski definition) is 2. The average molecular weight is 215 g/mol. The first kappa shape index (κ1) is 14.4. The molecular weight excluding hydrogens is 190 g/mol. The third kappa shape index (κ3) is 7.37. The Morgan fingerprint density at radius 1 is 1.33 bits per heavy atom. The minimum Gasteiger partial charge on any atom is -0.480 e. The fourth-order valence-electron chi connectivity index (χ4n) is 1.68. The van der Waals surface area contributed by atoms with Gasteiger partial charge in [-0.05, 0) is 31.2 Å². The van der Waals surface area contributed by atoms with Crippen LogP contribution in [0.2, 0.25) is 0 Å². The molecule has 0 amide bonds. The summed E-state index contributed by atoms with van der Waals surface area (Å²) in [7, 11) is 0. The summed E-state index contributed by atoms with van der Waals surface area (Å²) in [4.78, 5) is 10.9. The fraction of sp³-hybridized carbons (Fsp3) is 0.917. The molecule has 2 atom stereocenters. The molecule has 0 aromatic carbocycles. The van der Waals surface area contributed by atoms with Gasteiger partial charge in [0.15, 0.2) is 0 Å². The second-order valence-electron chi connectivity index (χ2n) is 4.82. The van der Waals surface area contributed by atoms with Gasteiger partial charge >= 0.3 is 5.97 Å². The smallest absolute Gasteiger partial charge is 0.320 e. The molecule has 0 aromatic rings. The quantitative estimate of drug-likeness (QED) is 0.654. The van der Waals surface area contributed by atoms with Gasteiger partial charge in [-0.25, -0.2) is 0 Å². The lowest BCUT2D eigenvalue weighted by atomic mass is 10.0. The molecule has 0 aliphatic heterocycles. The van der Waals surface area contributed by atoms with Crippen LogP contribution in [-0.2, 0) is 4.79 Å². The monoisotopic (exact) mass is 215 g/mol. The molecule has 3 heteroatoms. The number of carboxylic acid groups (broad SMARTS) is 1. The van der Waals surface area contributed by atoms with Gasteiger partial charge in [-0.1, -0.05) is 34.1 Å². The SMILES string of the molecule is CCCC(C)CNC(CC(C)C)C(=O)O. The largest absolute Gasteiger partial charge is 0.480 e. The summed E-state index contributed by atoms with van der Waals surface area (Å²) in [6, 6.07) is -0.385. The molecule has 2 unspecified atom stereocenters. The van der Waals surface area contributed by atoms with Crippen molar-refractivity contribution in [1.82, 2.24) is 5.32 Å². The number of rotatable bonds is 8. The molecular formula is C12H25NO2. The minimum absolute atomic E-state index is 0.385. The first-order chi connectivity index (χ1) is 6.97. The molecule has 0 fully saturated rings. The van der Waals surface area contributed by atoms with Gasteiger partial charge in [0.1, 0.15) is 6.04 Å². The summed E-state index contributed by atoms with van der Waals surface area (Å²) < 4.78 is 0. The van der Waals surface area contributed by atoms with Crippen LogP contribution in [0.4, 0.5) is 0 Å². The topological polar surface area (TPSA) is 49.3 Å². The summed E-state index contributed by atoms with van der Waals surface area (Å²) in [6.07, 6.45) is 3.01. The van der Waals surface area contributed by atoms with Crippen molar-refractivity contribution >= 4 is 5.97 Å². The van der Waals surface area contributed by atoms with Crippen LogP contribution >= 0.6 is 0 Å². The normalized spacial score (nSPS) is 15.3. The van der Waals surface area contributed by atoms with Crippen LogP contribution in [0.15, 0.2) is 0 Å². The van der Waals surface area contributed by atoms with Crippen LogP contribution < -0.4 is 5.32 Å². The van der Waals surface area contributed by atoms with E-state index in [1.807, 2.05) is 13.8 Å². The maximum absolute atomic E-state index is 10.9. The molecule has 3 nitrogen and oxygen atoms in total. The lowest BCUT2D eigenvalue weighted by Crippen LogP contribution is -2.40. The van der Waals surface area contributed by atoms with E-state index < -0.39 is 5.97 Å². The lowest BCUT2D eigenvalue weighted by Gasteiger charge is -2.19. The number of carboxylic acids is 1. The molecule has 0 spiro atoms. The standard InChI is InChI=1S/C12H25NO2/c1-5-6-10(4)8-13-11(12(14)15)7-9(2)3/h9-11,13H,5-8H2,1-4H3,(H,14,15). The van der Waals surface area contributed by atoms with E-state index in [-0.39, 0.29) is 6.04 Å². The maximum Gasteiger partial charge on any atom is 0.320 e. The van der Waals surface area contributed by atoms with Crippen molar-refractivity contribution in [3.63, 3.8) is 0 Å². The molecule has 2 N–H and O–H groups in total. The van der Waals surface area contributed by atoms with Crippen LogP contribution in [0.25, 0.3) is 0 Å². The van der Waals surface area contributed by atoms with Crippen LogP contribution in [0.1, 0.15) is 47.0 Å². The van der Waals surface area contributed by atoms with E-state index >= 15 is 0 Å². The van der Waals surface area contributed by atoms with E-state index in [1.165, 1.54) is 0 Å². The Kier molecular flexibility index (Phi) is 7.39. The predicted octanol–water partition coefficient (Wildman–Crippen LogP) is 2.51. The Balaban J connectivity index is 3.90. The van der Waals surface area contributed by atoms with Gasteiger partial charge in [-0.2, -0.15) is 0 Å². The zero-order valence-electron chi connectivity index (χ0n) is 10.4. The molecule has 15 heavy (non-hydrogen) atoms. The van der Waals surface area contributed by atoms with Crippen LogP contribution in [-0.4, -0.2) is 23.7 Å². The van der Waals surface area contributed by atoms with Crippen molar-refractivity contribution in [1.29, 1.82) is 0 Å². The van der Waals surface area contributed by atoms with Gasteiger partial charge in [-0.15, -0.1) is 0 Å². The Hall–Kier alpha value is -0.570.